The highest BCUT2D eigenvalue weighted by Crippen LogP contribution is 2.35. The van der Waals surface area contributed by atoms with Crippen LogP contribution in [0.1, 0.15) is 42.3 Å². The maximum atomic E-state index is 13.1. The molecule has 4 rings (SSSR count). The molecule has 150 valence electrons. The van der Waals surface area contributed by atoms with Crippen LogP contribution in [0.5, 0.6) is 5.75 Å². The summed E-state index contributed by atoms with van der Waals surface area (Å²) in [4.78, 5) is 32.1. The van der Waals surface area contributed by atoms with Crippen LogP contribution in [0, 0.1) is 5.92 Å². The van der Waals surface area contributed by atoms with Gasteiger partial charge in [0.1, 0.15) is 16.6 Å². The van der Waals surface area contributed by atoms with Gasteiger partial charge in [0.15, 0.2) is 0 Å². The van der Waals surface area contributed by atoms with E-state index in [1.54, 1.807) is 30.4 Å². The number of aromatic nitrogens is 2. The largest absolute Gasteiger partial charge is 0.508 e. The minimum atomic E-state index is -0.741. The molecule has 0 aliphatic heterocycles. The van der Waals surface area contributed by atoms with Crippen molar-refractivity contribution in [2.45, 2.75) is 39.2 Å². The standard InChI is InChI=1S/C21H22N4O3S/c1-12-3-8-16-17(9-12)29-20-18(16)21(28)25(11-22-20)13(2)19(27)24-23-10-14-4-6-15(26)7-5-14/h4-7,10-13,26H,3,8-9H2,1-2H3,(H,24,27)/b23-10+. The average molecular weight is 410 g/mol. The van der Waals surface area contributed by atoms with Crippen molar-refractivity contribution in [2.75, 3.05) is 0 Å². The van der Waals surface area contributed by atoms with Gasteiger partial charge in [-0.15, -0.1) is 11.3 Å². The fraction of sp³-hybridized carbons (Fsp3) is 0.333. The molecule has 1 aliphatic rings. The SMILES string of the molecule is CC1CCc2c(sc3ncn(C(C)C(=O)N/N=C/c4ccc(O)cc4)c(=O)c23)C1. The van der Waals surface area contributed by atoms with Gasteiger partial charge in [0, 0.05) is 4.88 Å². The number of hydrazone groups is 1. The molecule has 0 bridgehead atoms. The minimum Gasteiger partial charge on any atom is -0.508 e. The first kappa shape index (κ1) is 19.3. The molecule has 2 unspecified atom stereocenters. The number of aromatic hydroxyl groups is 1. The third kappa shape index (κ3) is 3.80. The summed E-state index contributed by atoms with van der Waals surface area (Å²) in [5, 5.41) is 13.9. The molecule has 0 spiro atoms. The van der Waals surface area contributed by atoms with E-state index < -0.39 is 11.9 Å². The Morgan fingerprint density at radius 1 is 1.41 bits per heavy atom. The van der Waals surface area contributed by atoms with Crippen molar-refractivity contribution in [1.29, 1.82) is 0 Å². The third-order valence-electron chi connectivity index (χ3n) is 5.32. The first-order valence-corrected chi connectivity index (χ1v) is 10.4. The highest BCUT2D eigenvalue weighted by molar-refractivity contribution is 7.18. The van der Waals surface area contributed by atoms with Gasteiger partial charge in [0.2, 0.25) is 0 Å². The van der Waals surface area contributed by atoms with Gasteiger partial charge in [-0.05, 0) is 67.5 Å². The number of benzene rings is 1. The molecule has 0 saturated carbocycles. The Morgan fingerprint density at radius 2 is 2.17 bits per heavy atom. The second kappa shape index (κ2) is 7.79. The quantitative estimate of drug-likeness (QED) is 0.510. The number of aryl methyl sites for hydroxylation is 1. The second-order valence-electron chi connectivity index (χ2n) is 7.49. The molecule has 0 saturated heterocycles. The van der Waals surface area contributed by atoms with E-state index in [0.717, 1.165) is 35.2 Å². The van der Waals surface area contributed by atoms with E-state index in [1.165, 1.54) is 34.1 Å². The van der Waals surface area contributed by atoms with Crippen molar-refractivity contribution in [3.63, 3.8) is 0 Å². The minimum absolute atomic E-state index is 0.159. The molecular weight excluding hydrogens is 388 g/mol. The Bertz CT molecular complexity index is 1150. The summed E-state index contributed by atoms with van der Waals surface area (Å²) in [6, 6.07) is 5.69. The van der Waals surface area contributed by atoms with E-state index >= 15 is 0 Å². The summed E-state index contributed by atoms with van der Waals surface area (Å²) in [6.07, 6.45) is 5.86. The molecule has 2 heterocycles. The topological polar surface area (TPSA) is 96.6 Å². The first-order chi connectivity index (χ1) is 13.9. The predicted octanol–water partition coefficient (Wildman–Crippen LogP) is 3.00. The van der Waals surface area contributed by atoms with Crippen molar-refractivity contribution in [1.82, 2.24) is 15.0 Å². The Labute approximate surface area is 171 Å². The predicted molar refractivity (Wildman–Crippen MR) is 114 cm³/mol. The van der Waals surface area contributed by atoms with Crippen molar-refractivity contribution < 1.29 is 9.90 Å². The zero-order valence-electron chi connectivity index (χ0n) is 16.3. The molecule has 0 radical (unpaired) electrons. The number of phenols is 1. The van der Waals surface area contributed by atoms with E-state index in [-0.39, 0.29) is 11.3 Å². The fourth-order valence-corrected chi connectivity index (χ4v) is 4.91. The number of thiophene rings is 1. The number of carbonyl (C=O) groups is 1. The van der Waals surface area contributed by atoms with Crippen LogP contribution < -0.4 is 11.0 Å². The molecule has 8 heteroatoms. The first-order valence-electron chi connectivity index (χ1n) is 9.57. The smallest absolute Gasteiger partial charge is 0.263 e. The maximum Gasteiger partial charge on any atom is 0.263 e. The lowest BCUT2D eigenvalue weighted by Crippen LogP contribution is -2.34. The molecule has 3 aromatic rings. The summed E-state index contributed by atoms with van der Waals surface area (Å²) >= 11 is 1.59. The van der Waals surface area contributed by atoms with Gasteiger partial charge >= 0.3 is 0 Å². The van der Waals surface area contributed by atoms with Gasteiger partial charge < -0.3 is 5.11 Å². The van der Waals surface area contributed by atoms with Gasteiger partial charge in [-0.25, -0.2) is 10.4 Å². The molecule has 2 N–H and O–H groups in total. The van der Waals surface area contributed by atoms with Crippen LogP contribution in [-0.2, 0) is 17.6 Å². The molecule has 7 nitrogen and oxygen atoms in total. The number of rotatable bonds is 4. The van der Waals surface area contributed by atoms with Crippen LogP contribution in [0.25, 0.3) is 10.2 Å². The number of phenolic OH excluding ortho intramolecular Hbond substituents is 1. The zero-order chi connectivity index (χ0) is 20.5. The lowest BCUT2D eigenvalue weighted by Gasteiger charge is -2.18. The average Bonchev–Trinajstić information content (AvgIpc) is 3.07. The molecule has 1 aliphatic carbocycles. The summed E-state index contributed by atoms with van der Waals surface area (Å²) < 4.78 is 1.37. The number of hydrogen-bond donors (Lipinski definition) is 2. The summed E-state index contributed by atoms with van der Waals surface area (Å²) in [6.45, 7) is 3.88. The van der Waals surface area contributed by atoms with Gasteiger partial charge in [-0.3, -0.25) is 14.2 Å². The van der Waals surface area contributed by atoms with E-state index in [9.17, 15) is 14.7 Å². The third-order valence-corrected chi connectivity index (χ3v) is 6.48. The number of carbonyl (C=O) groups excluding carboxylic acids is 1. The number of fused-ring (bicyclic) bond motifs is 3. The molecule has 1 aromatic carbocycles. The second-order valence-corrected chi connectivity index (χ2v) is 8.57. The molecule has 2 atom stereocenters. The number of nitrogens with zero attached hydrogens (tertiary/aromatic N) is 3. The van der Waals surface area contributed by atoms with Crippen LogP contribution in [0.15, 0.2) is 40.5 Å². The molecule has 2 aromatic heterocycles. The normalized spacial score (nSPS) is 17.4. The van der Waals surface area contributed by atoms with Crippen molar-refractivity contribution in [2.24, 2.45) is 11.0 Å². The monoisotopic (exact) mass is 410 g/mol. The molecule has 0 fully saturated rings. The van der Waals surface area contributed by atoms with Gasteiger partial charge in [-0.1, -0.05) is 6.92 Å². The fourth-order valence-electron chi connectivity index (χ4n) is 3.57. The van der Waals surface area contributed by atoms with Crippen LogP contribution in [0.4, 0.5) is 0 Å². The van der Waals surface area contributed by atoms with Crippen molar-refractivity contribution in [3.05, 3.63) is 57.0 Å². The number of hydrogen-bond acceptors (Lipinski definition) is 6. The zero-order valence-corrected chi connectivity index (χ0v) is 17.1. The highest BCUT2D eigenvalue weighted by atomic mass is 32.1. The van der Waals surface area contributed by atoms with Crippen LogP contribution >= 0.6 is 11.3 Å². The summed E-state index contributed by atoms with van der Waals surface area (Å²) in [5.74, 6) is 0.377. The van der Waals surface area contributed by atoms with E-state index in [4.69, 9.17) is 0 Å². The van der Waals surface area contributed by atoms with E-state index in [2.05, 4.69) is 22.4 Å². The van der Waals surface area contributed by atoms with Crippen LogP contribution in [-0.4, -0.2) is 26.8 Å². The Hall–Kier alpha value is -3.00. The highest BCUT2D eigenvalue weighted by Gasteiger charge is 2.25. The van der Waals surface area contributed by atoms with Crippen molar-refractivity contribution in [3.8, 4) is 5.75 Å². The maximum absolute atomic E-state index is 13.1. The Morgan fingerprint density at radius 3 is 2.93 bits per heavy atom. The Balaban J connectivity index is 1.55. The molecule has 1 amide bonds. The number of nitrogens with one attached hydrogen (secondary N) is 1. The van der Waals surface area contributed by atoms with E-state index in [0.29, 0.717) is 11.3 Å². The lowest BCUT2D eigenvalue weighted by atomic mass is 9.89. The van der Waals surface area contributed by atoms with Gasteiger partial charge in [0.25, 0.3) is 11.5 Å². The summed E-state index contributed by atoms with van der Waals surface area (Å²) in [7, 11) is 0. The van der Waals surface area contributed by atoms with Crippen LogP contribution in [0.2, 0.25) is 0 Å². The number of amides is 1. The van der Waals surface area contributed by atoms with Crippen molar-refractivity contribution >= 4 is 33.7 Å². The molecule has 29 heavy (non-hydrogen) atoms. The summed E-state index contributed by atoms with van der Waals surface area (Å²) in [5.41, 5.74) is 4.13. The lowest BCUT2D eigenvalue weighted by molar-refractivity contribution is -0.123. The molecular formula is C21H22N4O3S. The Kier molecular flexibility index (Phi) is 5.19. The van der Waals surface area contributed by atoms with E-state index in [1.807, 2.05) is 0 Å². The van der Waals surface area contributed by atoms with Gasteiger partial charge in [0.05, 0.1) is 17.9 Å². The van der Waals surface area contributed by atoms with Gasteiger partial charge in [-0.2, -0.15) is 5.10 Å². The van der Waals surface area contributed by atoms with Crippen LogP contribution in [0.3, 0.4) is 0 Å².